The van der Waals surface area contributed by atoms with E-state index >= 15 is 0 Å². The molecule has 0 saturated heterocycles. The van der Waals surface area contributed by atoms with Crippen LogP contribution in [0.15, 0.2) is 79.0 Å². The number of para-hydroxylation sites is 1. The third-order valence-corrected chi connectivity index (χ3v) is 6.34. The van der Waals surface area contributed by atoms with E-state index in [9.17, 15) is 14.7 Å². The number of hydrogen-bond donors (Lipinski definition) is 2. The molecule has 0 fully saturated rings. The Hall–Kier alpha value is -4.06. The molecule has 1 aliphatic carbocycles. The number of hydrogen-bond acceptors (Lipinski definition) is 3. The summed E-state index contributed by atoms with van der Waals surface area (Å²) in [4.78, 5) is 24.5. The lowest BCUT2D eigenvalue weighted by molar-refractivity contribution is -0.139. The normalized spacial score (nSPS) is 13.4. The number of alkyl carbamates (subject to hydrolysis) is 1. The van der Waals surface area contributed by atoms with Crippen molar-refractivity contribution in [2.75, 3.05) is 6.61 Å². The first kappa shape index (κ1) is 20.8. The van der Waals surface area contributed by atoms with E-state index in [1.54, 1.807) is 0 Å². The second-order valence-electron chi connectivity index (χ2n) is 8.35. The molecule has 1 amide bonds. The number of carbonyl (C=O) groups excluding carboxylic acids is 1. The van der Waals surface area contributed by atoms with Crippen LogP contribution in [0, 0.1) is 0 Å². The standard InChI is InChI=1S/C27H24N2O4/c1-29-15-17(18-8-6-7-13-25(18)29)14-24(26(30)31)28-27(32)33-16-23-21-11-4-2-9-19(21)20-10-3-5-12-22(20)23/h2-13,15,23-24H,14,16H2,1H3,(H,28,32)(H,30,31)/t24-/m1/s1. The molecule has 0 aliphatic heterocycles. The number of aryl methyl sites for hydroxylation is 1. The minimum absolute atomic E-state index is 0.0792. The fraction of sp³-hybridized carbons (Fsp3) is 0.185. The van der Waals surface area contributed by atoms with Gasteiger partial charge in [0.2, 0.25) is 0 Å². The number of nitrogens with zero attached hydrogens (tertiary/aromatic N) is 1. The maximum Gasteiger partial charge on any atom is 0.407 e. The van der Waals surface area contributed by atoms with E-state index in [0.29, 0.717) is 0 Å². The van der Waals surface area contributed by atoms with Crippen molar-refractivity contribution in [1.82, 2.24) is 9.88 Å². The Labute approximate surface area is 191 Å². The molecule has 33 heavy (non-hydrogen) atoms. The molecule has 6 heteroatoms. The van der Waals surface area contributed by atoms with Gasteiger partial charge in [0.1, 0.15) is 12.6 Å². The van der Waals surface area contributed by atoms with Crippen molar-refractivity contribution in [1.29, 1.82) is 0 Å². The first-order valence-corrected chi connectivity index (χ1v) is 10.9. The first-order chi connectivity index (χ1) is 16.0. The van der Waals surface area contributed by atoms with Crippen LogP contribution in [0.5, 0.6) is 0 Å². The fourth-order valence-corrected chi connectivity index (χ4v) is 4.79. The van der Waals surface area contributed by atoms with Gasteiger partial charge >= 0.3 is 12.1 Å². The van der Waals surface area contributed by atoms with Gasteiger partial charge in [0.15, 0.2) is 0 Å². The summed E-state index contributed by atoms with van der Waals surface area (Å²) in [6.45, 7) is 0.139. The third-order valence-electron chi connectivity index (χ3n) is 6.34. The van der Waals surface area contributed by atoms with E-state index in [4.69, 9.17) is 4.74 Å². The number of carboxylic acids is 1. The van der Waals surface area contributed by atoms with Crippen molar-refractivity contribution in [3.8, 4) is 11.1 Å². The van der Waals surface area contributed by atoms with Crippen LogP contribution in [-0.2, 0) is 23.0 Å². The smallest absolute Gasteiger partial charge is 0.407 e. The van der Waals surface area contributed by atoms with Gasteiger partial charge in [-0.3, -0.25) is 0 Å². The highest BCUT2D eigenvalue weighted by molar-refractivity contribution is 5.86. The van der Waals surface area contributed by atoms with E-state index in [1.807, 2.05) is 78.5 Å². The van der Waals surface area contributed by atoms with E-state index < -0.39 is 18.1 Å². The molecule has 1 aliphatic rings. The summed E-state index contributed by atoms with van der Waals surface area (Å²) in [7, 11) is 1.92. The molecule has 1 aromatic heterocycles. The number of carbonyl (C=O) groups is 2. The molecular weight excluding hydrogens is 416 g/mol. The number of benzene rings is 3. The van der Waals surface area contributed by atoms with Crippen molar-refractivity contribution in [3.63, 3.8) is 0 Å². The van der Waals surface area contributed by atoms with Crippen molar-refractivity contribution < 1.29 is 19.4 Å². The van der Waals surface area contributed by atoms with E-state index in [1.165, 1.54) is 0 Å². The number of carboxylic acid groups (broad SMARTS) is 1. The second kappa shape index (κ2) is 8.47. The van der Waals surface area contributed by atoms with Crippen LogP contribution in [0.3, 0.4) is 0 Å². The SMILES string of the molecule is Cn1cc(C[C@@H](NC(=O)OCC2c3ccccc3-c3ccccc32)C(=O)O)c2ccccc21. The lowest BCUT2D eigenvalue weighted by Crippen LogP contribution is -2.42. The molecule has 2 N–H and O–H groups in total. The number of rotatable bonds is 6. The van der Waals surface area contributed by atoms with Gasteiger partial charge in [0, 0.05) is 36.5 Å². The van der Waals surface area contributed by atoms with Crippen molar-refractivity contribution in [2.24, 2.45) is 7.05 Å². The van der Waals surface area contributed by atoms with Crippen molar-refractivity contribution in [2.45, 2.75) is 18.4 Å². The molecule has 0 bridgehead atoms. The molecule has 1 atom stereocenters. The van der Waals surface area contributed by atoms with Crippen LogP contribution >= 0.6 is 0 Å². The summed E-state index contributed by atoms with van der Waals surface area (Å²) in [5.41, 5.74) is 6.37. The average molecular weight is 440 g/mol. The molecule has 6 nitrogen and oxygen atoms in total. The minimum atomic E-state index is -1.10. The number of fused-ring (bicyclic) bond motifs is 4. The molecule has 0 radical (unpaired) electrons. The predicted molar refractivity (Wildman–Crippen MR) is 126 cm³/mol. The minimum Gasteiger partial charge on any atom is -0.480 e. The van der Waals surface area contributed by atoms with Gasteiger partial charge in [-0.1, -0.05) is 66.7 Å². The van der Waals surface area contributed by atoms with Gasteiger partial charge in [-0.05, 0) is 33.9 Å². The maximum atomic E-state index is 12.6. The highest BCUT2D eigenvalue weighted by Crippen LogP contribution is 2.44. The van der Waals surface area contributed by atoms with E-state index in [2.05, 4.69) is 17.4 Å². The number of aliphatic carboxylic acids is 1. The summed E-state index contributed by atoms with van der Waals surface area (Å²) in [6.07, 6.45) is 1.34. The van der Waals surface area contributed by atoms with Gasteiger partial charge in [0.25, 0.3) is 0 Å². The molecule has 166 valence electrons. The van der Waals surface area contributed by atoms with Crippen LogP contribution in [0.2, 0.25) is 0 Å². The van der Waals surface area contributed by atoms with Crippen molar-refractivity contribution in [3.05, 3.63) is 95.7 Å². The molecular formula is C27H24N2O4. The number of amides is 1. The Bertz CT molecular complexity index is 1310. The Balaban J connectivity index is 1.29. The highest BCUT2D eigenvalue weighted by atomic mass is 16.5. The van der Waals surface area contributed by atoms with Crippen LogP contribution < -0.4 is 5.32 Å². The van der Waals surface area contributed by atoms with Crippen molar-refractivity contribution >= 4 is 23.0 Å². The largest absolute Gasteiger partial charge is 0.480 e. The Morgan fingerprint density at radius 3 is 2.24 bits per heavy atom. The van der Waals surface area contributed by atoms with Gasteiger partial charge in [-0.15, -0.1) is 0 Å². The number of ether oxygens (including phenoxy) is 1. The molecule has 3 aromatic carbocycles. The Kier molecular flexibility index (Phi) is 5.34. The molecule has 0 unspecified atom stereocenters. The van der Waals surface area contributed by atoms with Gasteiger partial charge < -0.3 is 19.7 Å². The zero-order valence-electron chi connectivity index (χ0n) is 18.2. The highest BCUT2D eigenvalue weighted by Gasteiger charge is 2.30. The topological polar surface area (TPSA) is 80.6 Å². The number of nitrogens with one attached hydrogen (secondary N) is 1. The van der Waals surface area contributed by atoms with Gasteiger partial charge in [-0.2, -0.15) is 0 Å². The molecule has 1 heterocycles. The molecule has 0 saturated carbocycles. The van der Waals surface area contributed by atoms with Gasteiger partial charge in [-0.25, -0.2) is 9.59 Å². The second-order valence-corrected chi connectivity index (χ2v) is 8.35. The number of aromatic nitrogens is 1. The average Bonchev–Trinajstić information content (AvgIpc) is 3.32. The predicted octanol–water partition coefficient (Wildman–Crippen LogP) is 4.71. The van der Waals surface area contributed by atoms with Crippen LogP contribution in [0.25, 0.3) is 22.0 Å². The quantitative estimate of drug-likeness (QED) is 0.455. The van der Waals surface area contributed by atoms with Crippen LogP contribution in [-0.4, -0.2) is 34.4 Å². The maximum absolute atomic E-state index is 12.6. The van der Waals surface area contributed by atoms with E-state index in [0.717, 1.165) is 38.7 Å². The Morgan fingerprint density at radius 2 is 1.58 bits per heavy atom. The third kappa shape index (κ3) is 3.84. The lowest BCUT2D eigenvalue weighted by atomic mass is 9.98. The van der Waals surface area contributed by atoms with E-state index in [-0.39, 0.29) is 18.9 Å². The summed E-state index contributed by atoms with van der Waals surface area (Å²) in [5.74, 6) is -1.18. The first-order valence-electron chi connectivity index (χ1n) is 10.9. The zero-order valence-corrected chi connectivity index (χ0v) is 18.2. The summed E-state index contributed by atoms with van der Waals surface area (Å²) >= 11 is 0. The summed E-state index contributed by atoms with van der Waals surface area (Å²) in [5, 5.41) is 13.2. The fourth-order valence-electron chi connectivity index (χ4n) is 4.79. The summed E-state index contributed by atoms with van der Waals surface area (Å²) in [6, 6.07) is 22.9. The Morgan fingerprint density at radius 1 is 0.970 bits per heavy atom. The molecule has 0 spiro atoms. The van der Waals surface area contributed by atoms with Crippen LogP contribution in [0.1, 0.15) is 22.6 Å². The monoisotopic (exact) mass is 440 g/mol. The zero-order chi connectivity index (χ0) is 22.9. The summed E-state index contributed by atoms with van der Waals surface area (Å²) < 4.78 is 7.49. The van der Waals surface area contributed by atoms with Gasteiger partial charge in [0.05, 0.1) is 0 Å². The van der Waals surface area contributed by atoms with Crippen LogP contribution in [0.4, 0.5) is 4.79 Å². The lowest BCUT2D eigenvalue weighted by Gasteiger charge is -2.17. The molecule has 4 aromatic rings. The molecule has 5 rings (SSSR count).